The Balaban J connectivity index is 1.67. The Morgan fingerprint density at radius 2 is 1.71 bits per heavy atom. The molecule has 3 aromatic rings. The Kier molecular flexibility index (Phi) is 5.64. The van der Waals surface area contributed by atoms with Gasteiger partial charge in [-0.1, -0.05) is 42.5 Å². The summed E-state index contributed by atoms with van der Waals surface area (Å²) >= 11 is 0. The maximum absolute atomic E-state index is 12.5. The van der Waals surface area contributed by atoms with Crippen molar-refractivity contribution >= 4 is 29.1 Å². The molecule has 0 radical (unpaired) electrons. The lowest BCUT2D eigenvalue weighted by Crippen LogP contribution is -2.16. The topological polar surface area (TPSA) is 93.1 Å². The van der Waals surface area contributed by atoms with Crippen LogP contribution in [0.2, 0.25) is 0 Å². The Morgan fingerprint density at radius 3 is 2.43 bits per heavy atom. The normalized spacial score (nSPS) is 10.4. The van der Waals surface area contributed by atoms with Gasteiger partial charge in [-0.3, -0.25) is 19.1 Å². The first-order valence-corrected chi connectivity index (χ1v) is 8.72. The second-order valence-corrected chi connectivity index (χ2v) is 6.34. The molecule has 0 aliphatic carbocycles. The van der Waals surface area contributed by atoms with Crippen LogP contribution < -0.4 is 10.6 Å². The van der Waals surface area contributed by atoms with Crippen molar-refractivity contribution < 1.29 is 14.4 Å². The molecule has 0 aliphatic heterocycles. The molecule has 2 N–H and O–H groups in total. The van der Waals surface area contributed by atoms with Gasteiger partial charge < -0.3 is 10.6 Å². The van der Waals surface area contributed by atoms with E-state index in [4.69, 9.17) is 0 Å². The number of carbonyl (C=O) groups excluding carboxylic acids is 3. The van der Waals surface area contributed by atoms with Gasteiger partial charge in [0, 0.05) is 24.4 Å². The van der Waals surface area contributed by atoms with Crippen LogP contribution in [0, 0.1) is 0 Å². The van der Waals surface area contributed by atoms with E-state index in [1.54, 1.807) is 31.3 Å². The van der Waals surface area contributed by atoms with Crippen LogP contribution in [0.25, 0.3) is 0 Å². The highest BCUT2D eigenvalue weighted by atomic mass is 16.2. The Labute approximate surface area is 162 Å². The van der Waals surface area contributed by atoms with E-state index in [0.717, 1.165) is 5.56 Å². The summed E-state index contributed by atoms with van der Waals surface area (Å²) in [5.74, 6) is -0.295. The first-order valence-electron chi connectivity index (χ1n) is 8.72. The van der Waals surface area contributed by atoms with E-state index in [0.29, 0.717) is 17.1 Å². The van der Waals surface area contributed by atoms with Crippen LogP contribution in [0.15, 0.2) is 60.7 Å². The Morgan fingerprint density at radius 1 is 0.964 bits per heavy atom. The second-order valence-electron chi connectivity index (χ2n) is 6.34. The van der Waals surface area contributed by atoms with Gasteiger partial charge in [-0.05, 0) is 24.6 Å². The van der Waals surface area contributed by atoms with Gasteiger partial charge in [0.25, 0.3) is 5.91 Å². The van der Waals surface area contributed by atoms with E-state index in [2.05, 4.69) is 15.7 Å². The molecule has 7 heteroatoms. The summed E-state index contributed by atoms with van der Waals surface area (Å²) in [6.07, 6.45) is 0.228. The Bertz CT molecular complexity index is 1030. The van der Waals surface area contributed by atoms with Crippen LogP contribution in [0.4, 0.5) is 11.5 Å². The number of carbonyl (C=O) groups is 3. The van der Waals surface area contributed by atoms with E-state index in [-0.39, 0.29) is 23.8 Å². The van der Waals surface area contributed by atoms with Crippen molar-refractivity contribution in [2.24, 2.45) is 7.05 Å². The number of rotatable bonds is 6. The van der Waals surface area contributed by atoms with Crippen molar-refractivity contribution in [1.29, 1.82) is 0 Å². The molecule has 0 fully saturated rings. The Hall–Kier alpha value is -3.74. The fourth-order valence-electron chi connectivity index (χ4n) is 2.67. The number of benzene rings is 2. The average molecular weight is 376 g/mol. The van der Waals surface area contributed by atoms with Gasteiger partial charge in [0.2, 0.25) is 5.91 Å². The van der Waals surface area contributed by atoms with Gasteiger partial charge in [0.1, 0.15) is 5.82 Å². The molecule has 0 saturated heterocycles. The van der Waals surface area contributed by atoms with Crippen LogP contribution in [-0.2, 0) is 18.3 Å². The molecule has 0 saturated carbocycles. The summed E-state index contributed by atoms with van der Waals surface area (Å²) < 4.78 is 1.43. The summed E-state index contributed by atoms with van der Waals surface area (Å²) in [4.78, 5) is 36.1. The molecule has 28 heavy (non-hydrogen) atoms. The molecule has 0 bridgehead atoms. The van der Waals surface area contributed by atoms with Crippen molar-refractivity contribution in [3.63, 3.8) is 0 Å². The number of hydrogen-bond donors (Lipinski definition) is 2. The monoisotopic (exact) mass is 376 g/mol. The van der Waals surface area contributed by atoms with E-state index in [1.165, 1.54) is 17.7 Å². The number of aromatic nitrogens is 2. The van der Waals surface area contributed by atoms with Crippen LogP contribution in [0.1, 0.15) is 33.3 Å². The molecule has 7 nitrogen and oxygen atoms in total. The highest BCUT2D eigenvalue weighted by molar-refractivity contribution is 6.04. The number of anilines is 2. The smallest absolute Gasteiger partial charge is 0.276 e. The second kappa shape index (κ2) is 8.30. The maximum Gasteiger partial charge on any atom is 0.276 e. The lowest BCUT2D eigenvalue weighted by molar-refractivity contribution is -0.115. The van der Waals surface area contributed by atoms with Crippen molar-refractivity contribution in [2.75, 3.05) is 10.6 Å². The van der Waals surface area contributed by atoms with Crippen molar-refractivity contribution in [2.45, 2.75) is 13.3 Å². The molecule has 0 spiro atoms. The standard InChI is InChI=1S/C21H20N4O3/c1-14(26)16-9-6-10-17(12-16)22-21(28)18-13-19(25(2)24-18)23-20(27)11-15-7-4-3-5-8-15/h3-10,12-13H,11H2,1-2H3,(H,22,28)(H,23,27). The third-order valence-corrected chi connectivity index (χ3v) is 4.11. The van der Waals surface area contributed by atoms with Crippen LogP contribution in [0.3, 0.4) is 0 Å². The van der Waals surface area contributed by atoms with Gasteiger partial charge in [0.05, 0.1) is 6.42 Å². The van der Waals surface area contributed by atoms with Crippen molar-refractivity contribution in [3.8, 4) is 0 Å². The zero-order valence-corrected chi connectivity index (χ0v) is 15.6. The van der Waals surface area contributed by atoms with Crippen LogP contribution in [0.5, 0.6) is 0 Å². The summed E-state index contributed by atoms with van der Waals surface area (Å²) in [6.45, 7) is 1.46. The number of amides is 2. The molecule has 1 aromatic heterocycles. The maximum atomic E-state index is 12.5. The van der Waals surface area contributed by atoms with E-state index < -0.39 is 5.91 Å². The highest BCUT2D eigenvalue weighted by Crippen LogP contribution is 2.15. The van der Waals surface area contributed by atoms with Gasteiger partial charge in [-0.2, -0.15) is 5.10 Å². The molecule has 3 rings (SSSR count). The average Bonchev–Trinajstić information content (AvgIpc) is 3.03. The minimum Gasteiger partial charge on any atom is -0.321 e. The van der Waals surface area contributed by atoms with Gasteiger partial charge >= 0.3 is 0 Å². The zero-order chi connectivity index (χ0) is 20.1. The third-order valence-electron chi connectivity index (χ3n) is 4.11. The third kappa shape index (κ3) is 4.70. The number of hydrogen-bond acceptors (Lipinski definition) is 4. The quantitative estimate of drug-likeness (QED) is 0.647. The predicted molar refractivity (Wildman–Crippen MR) is 106 cm³/mol. The zero-order valence-electron chi connectivity index (χ0n) is 15.6. The lowest BCUT2D eigenvalue weighted by atomic mass is 10.1. The summed E-state index contributed by atoms with van der Waals surface area (Å²) in [5.41, 5.74) is 2.06. The molecule has 1 heterocycles. The SMILES string of the molecule is CC(=O)c1cccc(NC(=O)c2cc(NC(=O)Cc3ccccc3)n(C)n2)c1. The summed E-state index contributed by atoms with van der Waals surface area (Å²) in [5, 5.41) is 9.61. The molecule has 0 aliphatic rings. The molecule has 2 amide bonds. The first kappa shape index (κ1) is 19.0. The summed E-state index contributed by atoms with van der Waals surface area (Å²) in [6, 6.07) is 17.5. The van der Waals surface area contributed by atoms with Gasteiger partial charge in [-0.15, -0.1) is 0 Å². The van der Waals surface area contributed by atoms with Crippen LogP contribution >= 0.6 is 0 Å². The molecular weight excluding hydrogens is 356 g/mol. The molecule has 142 valence electrons. The molecule has 2 aromatic carbocycles. The van der Waals surface area contributed by atoms with Gasteiger partial charge in [0.15, 0.2) is 11.5 Å². The van der Waals surface area contributed by atoms with E-state index in [9.17, 15) is 14.4 Å². The molecule has 0 unspecified atom stereocenters. The van der Waals surface area contributed by atoms with E-state index in [1.807, 2.05) is 30.3 Å². The number of ketones is 1. The number of nitrogens with one attached hydrogen (secondary N) is 2. The predicted octanol–water partition coefficient (Wildman–Crippen LogP) is 3.06. The minimum absolute atomic E-state index is 0.0858. The van der Waals surface area contributed by atoms with Crippen molar-refractivity contribution in [3.05, 3.63) is 77.5 Å². The first-order chi connectivity index (χ1) is 13.4. The van der Waals surface area contributed by atoms with Gasteiger partial charge in [-0.25, -0.2) is 0 Å². The van der Waals surface area contributed by atoms with E-state index >= 15 is 0 Å². The molecule has 0 atom stereocenters. The van der Waals surface area contributed by atoms with Crippen molar-refractivity contribution in [1.82, 2.24) is 9.78 Å². The number of Topliss-reactive ketones (excluding diaryl/α,β-unsaturated/α-hetero) is 1. The lowest BCUT2D eigenvalue weighted by Gasteiger charge is -2.04. The fraction of sp³-hybridized carbons (Fsp3) is 0.143. The van der Waals surface area contributed by atoms with Crippen LogP contribution in [-0.4, -0.2) is 27.4 Å². The summed E-state index contributed by atoms with van der Waals surface area (Å²) in [7, 11) is 1.64. The molecular formula is C21H20N4O3. The number of aryl methyl sites for hydroxylation is 1. The fourth-order valence-corrected chi connectivity index (χ4v) is 2.67. The highest BCUT2D eigenvalue weighted by Gasteiger charge is 2.15. The minimum atomic E-state index is -0.431. The number of nitrogens with zero attached hydrogens (tertiary/aromatic N) is 2. The largest absolute Gasteiger partial charge is 0.321 e.